The standard InChI is InChI=1S/C28H32ClN5O7S2/c1-17(35)25-20-4-3-18(29)13-23(20)42-28(25)43(38,39)33-7-8-34(19(15-33)14-24(36)32-9-11-40-12-10-32)27(37)26-30-21-5-6-31(2)16-22(21)41-26/h3-4,13,19H,5-12,14-16H2,1-2H3. The predicted molar refractivity (Wildman–Crippen MR) is 159 cm³/mol. The molecule has 15 heteroatoms. The van der Waals surface area contributed by atoms with Gasteiger partial charge in [-0.1, -0.05) is 17.7 Å². The van der Waals surface area contributed by atoms with Crippen molar-refractivity contribution in [1.82, 2.24) is 24.0 Å². The van der Waals surface area contributed by atoms with Crippen molar-refractivity contribution in [2.75, 3.05) is 59.5 Å². The van der Waals surface area contributed by atoms with Crippen LogP contribution in [0.1, 0.15) is 45.8 Å². The van der Waals surface area contributed by atoms with Gasteiger partial charge >= 0.3 is 5.91 Å². The number of ether oxygens (including phenoxy) is 1. The number of morpholine rings is 1. The molecule has 1 aromatic carbocycles. The molecule has 6 rings (SSSR count). The Balaban J connectivity index is 1.31. The van der Waals surface area contributed by atoms with E-state index in [1.807, 2.05) is 7.05 Å². The third-order valence-corrected chi connectivity index (χ3v) is 11.9. The van der Waals surface area contributed by atoms with Crippen LogP contribution in [0.5, 0.6) is 0 Å². The minimum atomic E-state index is -4.17. The first kappa shape index (κ1) is 30.2. The van der Waals surface area contributed by atoms with Gasteiger partial charge in [-0.3, -0.25) is 19.3 Å². The number of Topliss-reactive ketones (excluding diaryl/α,β-unsaturated/α-hetero) is 1. The molecule has 43 heavy (non-hydrogen) atoms. The molecule has 2 saturated heterocycles. The van der Waals surface area contributed by atoms with Gasteiger partial charge in [0.1, 0.15) is 9.97 Å². The molecule has 0 N–H and O–H groups in total. The zero-order valence-corrected chi connectivity index (χ0v) is 26.3. The second kappa shape index (κ2) is 11.9. The van der Waals surface area contributed by atoms with Gasteiger partial charge in [0, 0.05) is 67.2 Å². The lowest BCUT2D eigenvalue weighted by Crippen LogP contribution is -2.58. The molecule has 5 heterocycles. The van der Waals surface area contributed by atoms with Crippen molar-refractivity contribution >= 4 is 60.6 Å². The smallest absolute Gasteiger partial charge is 0.310 e. The normalized spacial score (nSPS) is 20.4. The number of hydrogen-bond acceptors (Lipinski definition) is 10. The van der Waals surface area contributed by atoms with Crippen LogP contribution >= 0.6 is 22.9 Å². The molecule has 3 aliphatic rings. The number of amides is 2. The number of rotatable bonds is 6. The van der Waals surface area contributed by atoms with Crippen molar-refractivity contribution in [2.24, 2.45) is 0 Å². The number of carbonyl (C=O) groups excluding carboxylic acids is 3. The third-order valence-electron chi connectivity index (χ3n) is 8.13. The molecule has 2 aromatic heterocycles. The van der Waals surface area contributed by atoms with Crippen molar-refractivity contribution in [1.29, 1.82) is 0 Å². The van der Waals surface area contributed by atoms with E-state index in [0.717, 1.165) is 23.6 Å². The van der Waals surface area contributed by atoms with Crippen LogP contribution in [-0.4, -0.2) is 116 Å². The maximum absolute atomic E-state index is 14.1. The number of fused-ring (bicyclic) bond motifs is 2. The monoisotopic (exact) mass is 649 g/mol. The largest absolute Gasteiger partial charge is 0.436 e. The molecule has 0 aliphatic carbocycles. The molecule has 0 saturated carbocycles. The number of aromatic nitrogens is 1. The van der Waals surface area contributed by atoms with E-state index in [0.29, 0.717) is 60.1 Å². The van der Waals surface area contributed by atoms with E-state index in [4.69, 9.17) is 20.8 Å². The fourth-order valence-corrected chi connectivity index (χ4v) is 9.55. The van der Waals surface area contributed by atoms with Crippen LogP contribution in [0.15, 0.2) is 26.8 Å². The first-order valence-electron chi connectivity index (χ1n) is 14.1. The van der Waals surface area contributed by atoms with Crippen LogP contribution in [0.2, 0.25) is 5.02 Å². The lowest BCUT2D eigenvalue weighted by Gasteiger charge is -2.40. The Kier molecular flexibility index (Phi) is 8.35. The summed E-state index contributed by atoms with van der Waals surface area (Å²) in [6.45, 7) is 4.24. The van der Waals surface area contributed by atoms with E-state index in [-0.39, 0.29) is 53.4 Å². The minimum Gasteiger partial charge on any atom is -0.436 e. The van der Waals surface area contributed by atoms with E-state index < -0.39 is 22.0 Å². The second-order valence-electron chi connectivity index (χ2n) is 11.1. The highest BCUT2D eigenvalue weighted by Gasteiger charge is 2.41. The summed E-state index contributed by atoms with van der Waals surface area (Å²) in [6.07, 6.45) is 0.578. The average Bonchev–Trinajstić information content (AvgIpc) is 3.59. The van der Waals surface area contributed by atoms with Crippen molar-refractivity contribution in [3.8, 4) is 0 Å². The highest BCUT2D eigenvalue weighted by atomic mass is 35.5. The fraction of sp³-hybridized carbons (Fsp3) is 0.500. The summed E-state index contributed by atoms with van der Waals surface area (Å²) < 4.78 is 41.3. The van der Waals surface area contributed by atoms with Gasteiger partial charge in [0.15, 0.2) is 5.78 Å². The number of nitrogens with zero attached hydrogens (tertiary/aromatic N) is 5. The quantitative estimate of drug-likeness (QED) is 0.369. The Morgan fingerprint density at radius 2 is 1.88 bits per heavy atom. The molecule has 0 spiro atoms. The number of hydrogen-bond donors (Lipinski definition) is 0. The number of carbonyl (C=O) groups is 3. The lowest BCUT2D eigenvalue weighted by atomic mass is 10.1. The van der Waals surface area contributed by atoms with Crippen LogP contribution < -0.4 is 0 Å². The van der Waals surface area contributed by atoms with Crippen LogP contribution in [0, 0.1) is 0 Å². The summed E-state index contributed by atoms with van der Waals surface area (Å²) in [5.74, 6) is -0.463. The number of likely N-dealkylation sites (N-methyl/N-ethyl adjacent to an activating group) is 1. The number of oxazole rings is 1. The number of piperazine rings is 1. The Morgan fingerprint density at radius 1 is 1.12 bits per heavy atom. The first-order valence-corrected chi connectivity index (χ1v) is 16.7. The maximum atomic E-state index is 14.1. The van der Waals surface area contributed by atoms with E-state index in [1.54, 1.807) is 23.1 Å². The molecule has 1 atom stereocenters. The number of thiophene rings is 1. The van der Waals surface area contributed by atoms with E-state index in [1.165, 1.54) is 16.1 Å². The predicted octanol–water partition coefficient (Wildman–Crippen LogP) is 2.50. The van der Waals surface area contributed by atoms with Crippen LogP contribution in [0.3, 0.4) is 0 Å². The SMILES string of the molecule is CC(=O)c1c(S(=O)(=O)N2CCN(C(=O)c3nc4c(o3)CN(C)CC4)C(CC(=O)N3CCOCC3)C2)sc2cc(Cl)ccc12. The van der Waals surface area contributed by atoms with Crippen molar-refractivity contribution in [3.63, 3.8) is 0 Å². The van der Waals surface area contributed by atoms with Crippen molar-refractivity contribution in [2.45, 2.75) is 36.6 Å². The molecular formula is C28H32ClN5O7S2. The highest BCUT2D eigenvalue weighted by molar-refractivity contribution is 7.91. The van der Waals surface area contributed by atoms with E-state index in [9.17, 15) is 22.8 Å². The second-order valence-corrected chi connectivity index (χ2v) is 14.7. The number of ketones is 1. The number of sulfonamides is 1. The van der Waals surface area contributed by atoms with Crippen LogP contribution in [0.25, 0.3) is 10.1 Å². The third kappa shape index (κ3) is 5.83. The molecule has 2 fully saturated rings. The molecule has 0 radical (unpaired) electrons. The van der Waals surface area contributed by atoms with E-state index >= 15 is 0 Å². The topological polar surface area (TPSA) is 134 Å². The highest BCUT2D eigenvalue weighted by Crippen LogP contribution is 2.38. The van der Waals surface area contributed by atoms with Gasteiger partial charge in [0.25, 0.3) is 15.9 Å². The summed E-state index contributed by atoms with van der Waals surface area (Å²) >= 11 is 7.15. The Bertz CT molecular complexity index is 1700. The molecule has 3 aromatic rings. The Labute approximate surface area is 258 Å². The molecule has 3 aliphatic heterocycles. The zero-order chi connectivity index (χ0) is 30.5. The van der Waals surface area contributed by atoms with Crippen LogP contribution in [-0.2, 0) is 32.5 Å². The summed E-state index contributed by atoms with van der Waals surface area (Å²) in [5.41, 5.74) is 0.858. The van der Waals surface area contributed by atoms with Gasteiger partial charge in [-0.15, -0.1) is 11.3 Å². The van der Waals surface area contributed by atoms with Gasteiger partial charge < -0.3 is 19.0 Å². The van der Waals surface area contributed by atoms with Crippen molar-refractivity contribution < 1.29 is 32.0 Å². The molecular weight excluding hydrogens is 618 g/mol. The van der Waals surface area contributed by atoms with Crippen molar-refractivity contribution in [3.05, 3.63) is 46.1 Å². The molecule has 230 valence electrons. The average molecular weight is 650 g/mol. The summed E-state index contributed by atoms with van der Waals surface area (Å²) in [7, 11) is -2.21. The van der Waals surface area contributed by atoms with E-state index in [2.05, 4.69) is 9.88 Å². The maximum Gasteiger partial charge on any atom is 0.310 e. The van der Waals surface area contributed by atoms with Gasteiger partial charge in [-0.2, -0.15) is 4.31 Å². The Hall–Kier alpha value is -2.88. The number of halogens is 1. The lowest BCUT2D eigenvalue weighted by molar-refractivity contribution is -0.136. The molecule has 1 unspecified atom stereocenters. The molecule has 0 bridgehead atoms. The van der Waals surface area contributed by atoms with Gasteiger partial charge in [0.05, 0.1) is 37.1 Å². The molecule has 2 amide bonds. The van der Waals surface area contributed by atoms with Crippen LogP contribution in [0.4, 0.5) is 0 Å². The van der Waals surface area contributed by atoms with Gasteiger partial charge in [-0.25, -0.2) is 13.4 Å². The first-order chi connectivity index (χ1) is 20.5. The fourth-order valence-electron chi connectivity index (χ4n) is 5.85. The van der Waals surface area contributed by atoms with Gasteiger partial charge in [0.2, 0.25) is 5.91 Å². The minimum absolute atomic E-state index is 0.0220. The summed E-state index contributed by atoms with van der Waals surface area (Å²) in [5, 5.41) is 0.952. The zero-order valence-electron chi connectivity index (χ0n) is 23.9. The number of benzene rings is 1. The Morgan fingerprint density at radius 3 is 2.63 bits per heavy atom. The van der Waals surface area contributed by atoms with Gasteiger partial charge in [-0.05, 0) is 26.1 Å². The summed E-state index contributed by atoms with van der Waals surface area (Å²) in [4.78, 5) is 49.5. The molecule has 12 nitrogen and oxygen atoms in total. The summed E-state index contributed by atoms with van der Waals surface area (Å²) in [6, 6.07) is 4.14.